The van der Waals surface area contributed by atoms with Gasteiger partial charge in [0.2, 0.25) is 0 Å². The third kappa shape index (κ3) is 3.76. The van der Waals surface area contributed by atoms with Crippen molar-refractivity contribution in [2.45, 2.75) is 20.4 Å². The van der Waals surface area contributed by atoms with Crippen molar-refractivity contribution in [1.82, 2.24) is 9.47 Å². The van der Waals surface area contributed by atoms with Crippen molar-refractivity contribution in [2.75, 3.05) is 38.2 Å². The van der Waals surface area contributed by atoms with Gasteiger partial charge < -0.3 is 14.2 Å². The molecule has 0 atom stereocenters. The second-order valence-corrected chi connectivity index (χ2v) is 8.70. The fraction of sp³-hybridized carbons (Fsp3) is 0.286. The number of nitrogens with zero attached hydrogens (tertiary/aromatic N) is 3. The predicted molar refractivity (Wildman–Crippen MR) is 133 cm³/mol. The highest BCUT2D eigenvalue weighted by Gasteiger charge is 2.21. The molecule has 2 heterocycles. The summed E-state index contributed by atoms with van der Waals surface area (Å²) in [6, 6.07) is 23.7. The van der Waals surface area contributed by atoms with E-state index in [1.54, 1.807) is 7.11 Å². The highest BCUT2D eigenvalue weighted by atomic mass is 16.5. The number of hydrogen-bond acceptors (Lipinski definition) is 3. The molecule has 0 amide bonds. The Kier molecular flexibility index (Phi) is 5.62. The minimum atomic E-state index is 0.956. The predicted octanol–water partition coefficient (Wildman–Crippen LogP) is 5.58. The van der Waals surface area contributed by atoms with Crippen LogP contribution in [0.4, 0.5) is 5.69 Å². The molecule has 0 aliphatic carbocycles. The van der Waals surface area contributed by atoms with Crippen LogP contribution in [0.5, 0.6) is 5.75 Å². The Morgan fingerprint density at radius 1 is 0.781 bits per heavy atom. The summed E-state index contributed by atoms with van der Waals surface area (Å²) in [6.07, 6.45) is 2.35. The Balaban J connectivity index is 1.38. The number of piperazine rings is 1. The number of benzene rings is 3. The van der Waals surface area contributed by atoms with E-state index in [4.69, 9.17) is 4.74 Å². The van der Waals surface area contributed by atoms with Crippen LogP contribution in [-0.4, -0.2) is 42.8 Å². The van der Waals surface area contributed by atoms with E-state index in [9.17, 15) is 0 Å². The number of hydrogen-bond donors (Lipinski definition) is 0. The molecule has 0 spiro atoms. The molecule has 1 aliphatic heterocycles. The Hall–Kier alpha value is -3.24. The quantitative estimate of drug-likeness (QED) is 0.416. The van der Waals surface area contributed by atoms with Crippen molar-refractivity contribution >= 4 is 16.6 Å². The number of para-hydroxylation sites is 3. The van der Waals surface area contributed by atoms with Crippen LogP contribution in [0, 0.1) is 13.8 Å². The van der Waals surface area contributed by atoms with Gasteiger partial charge in [-0.25, -0.2) is 0 Å². The van der Waals surface area contributed by atoms with Crippen LogP contribution in [0.1, 0.15) is 16.7 Å². The second-order valence-electron chi connectivity index (χ2n) is 8.70. The van der Waals surface area contributed by atoms with E-state index >= 15 is 0 Å². The van der Waals surface area contributed by atoms with E-state index < -0.39 is 0 Å². The second kappa shape index (κ2) is 8.71. The van der Waals surface area contributed by atoms with E-state index in [1.165, 1.54) is 39.0 Å². The SMILES string of the molecule is COc1ccccc1N1CCN(Cc2cn(-c3cccc(C)c3C)c3ccccc23)CC1. The lowest BCUT2D eigenvalue weighted by atomic mass is 10.1. The summed E-state index contributed by atoms with van der Waals surface area (Å²) in [5, 5.41) is 1.35. The van der Waals surface area contributed by atoms with Gasteiger partial charge in [-0.3, -0.25) is 4.90 Å². The average Bonchev–Trinajstić information content (AvgIpc) is 3.19. The summed E-state index contributed by atoms with van der Waals surface area (Å²) in [4.78, 5) is 5.01. The van der Waals surface area contributed by atoms with Gasteiger partial charge in [-0.15, -0.1) is 0 Å². The molecule has 4 aromatic rings. The summed E-state index contributed by atoms with van der Waals surface area (Å²) in [5.74, 6) is 0.956. The molecule has 5 rings (SSSR count). The molecule has 164 valence electrons. The van der Waals surface area contributed by atoms with Gasteiger partial charge in [0, 0.05) is 50.0 Å². The maximum Gasteiger partial charge on any atom is 0.142 e. The Morgan fingerprint density at radius 2 is 1.50 bits per heavy atom. The zero-order chi connectivity index (χ0) is 22.1. The molecule has 1 aliphatic rings. The highest BCUT2D eigenvalue weighted by Crippen LogP contribution is 2.30. The molecule has 0 bridgehead atoms. The number of anilines is 1. The monoisotopic (exact) mass is 425 g/mol. The van der Waals surface area contributed by atoms with Crippen molar-refractivity contribution < 1.29 is 4.74 Å². The number of aromatic nitrogens is 1. The number of fused-ring (bicyclic) bond motifs is 1. The Morgan fingerprint density at radius 3 is 2.31 bits per heavy atom. The standard InChI is InChI=1S/C28H31N3O/c1-21-9-8-13-25(22(21)2)31-20-23(24-10-4-5-11-26(24)31)19-29-15-17-30(18-16-29)27-12-6-7-14-28(27)32-3/h4-14,20H,15-19H2,1-3H3. The van der Waals surface area contributed by atoms with E-state index in [0.29, 0.717) is 0 Å². The molecule has 1 fully saturated rings. The first kappa shape index (κ1) is 20.7. The summed E-state index contributed by atoms with van der Waals surface area (Å²) in [5.41, 5.74) is 7.81. The molecule has 32 heavy (non-hydrogen) atoms. The first-order chi connectivity index (χ1) is 15.7. The molecule has 4 nitrogen and oxygen atoms in total. The third-order valence-electron chi connectivity index (χ3n) is 6.82. The summed E-state index contributed by atoms with van der Waals surface area (Å²) in [7, 11) is 1.75. The topological polar surface area (TPSA) is 20.6 Å². The van der Waals surface area contributed by atoms with Crippen LogP contribution in [0.25, 0.3) is 16.6 Å². The third-order valence-corrected chi connectivity index (χ3v) is 6.82. The van der Waals surface area contributed by atoms with Gasteiger partial charge in [0.25, 0.3) is 0 Å². The van der Waals surface area contributed by atoms with E-state index in [1.807, 2.05) is 12.1 Å². The van der Waals surface area contributed by atoms with E-state index in [0.717, 1.165) is 38.5 Å². The van der Waals surface area contributed by atoms with Crippen molar-refractivity contribution in [3.05, 3.63) is 89.6 Å². The molecular formula is C28H31N3O. The van der Waals surface area contributed by atoms with Gasteiger partial charge >= 0.3 is 0 Å². The van der Waals surface area contributed by atoms with Gasteiger partial charge in [-0.1, -0.05) is 42.5 Å². The summed E-state index contributed by atoms with van der Waals surface area (Å²) >= 11 is 0. The zero-order valence-corrected chi connectivity index (χ0v) is 19.2. The Labute approximate surface area is 190 Å². The normalized spacial score (nSPS) is 14.8. The lowest BCUT2D eigenvalue weighted by Gasteiger charge is -2.36. The average molecular weight is 426 g/mol. The number of aryl methyl sites for hydroxylation is 1. The minimum absolute atomic E-state index is 0.956. The van der Waals surface area contributed by atoms with E-state index in [2.05, 4.69) is 89.0 Å². The van der Waals surface area contributed by atoms with Gasteiger partial charge in [-0.05, 0) is 54.8 Å². The summed E-state index contributed by atoms with van der Waals surface area (Å²) < 4.78 is 7.95. The lowest BCUT2D eigenvalue weighted by molar-refractivity contribution is 0.250. The zero-order valence-electron chi connectivity index (χ0n) is 19.2. The number of ether oxygens (including phenoxy) is 1. The van der Waals surface area contributed by atoms with Crippen LogP contribution in [-0.2, 0) is 6.54 Å². The van der Waals surface area contributed by atoms with Crippen molar-refractivity contribution in [1.29, 1.82) is 0 Å². The van der Waals surface area contributed by atoms with Crippen LogP contribution in [0.15, 0.2) is 72.9 Å². The Bertz CT molecular complexity index is 1230. The van der Waals surface area contributed by atoms with Crippen molar-refractivity contribution in [3.63, 3.8) is 0 Å². The van der Waals surface area contributed by atoms with Crippen LogP contribution in [0.3, 0.4) is 0 Å². The molecule has 0 N–H and O–H groups in total. The van der Waals surface area contributed by atoms with Gasteiger partial charge in [0.15, 0.2) is 0 Å². The lowest BCUT2D eigenvalue weighted by Crippen LogP contribution is -2.46. The molecule has 4 heteroatoms. The number of methoxy groups -OCH3 is 1. The molecule has 1 saturated heterocycles. The largest absolute Gasteiger partial charge is 0.495 e. The van der Waals surface area contributed by atoms with Crippen molar-refractivity contribution in [3.8, 4) is 11.4 Å². The first-order valence-electron chi connectivity index (χ1n) is 11.4. The van der Waals surface area contributed by atoms with Crippen LogP contribution in [0.2, 0.25) is 0 Å². The van der Waals surface area contributed by atoms with Crippen LogP contribution < -0.4 is 9.64 Å². The molecule has 0 unspecified atom stereocenters. The van der Waals surface area contributed by atoms with Gasteiger partial charge in [-0.2, -0.15) is 0 Å². The smallest absolute Gasteiger partial charge is 0.142 e. The molecule has 3 aromatic carbocycles. The first-order valence-corrected chi connectivity index (χ1v) is 11.4. The van der Waals surface area contributed by atoms with Gasteiger partial charge in [0.05, 0.1) is 18.3 Å². The number of rotatable bonds is 5. The fourth-order valence-corrected chi connectivity index (χ4v) is 4.85. The molecule has 0 saturated carbocycles. The van der Waals surface area contributed by atoms with Gasteiger partial charge in [0.1, 0.15) is 5.75 Å². The molecular weight excluding hydrogens is 394 g/mol. The molecule has 0 radical (unpaired) electrons. The minimum Gasteiger partial charge on any atom is -0.495 e. The van der Waals surface area contributed by atoms with E-state index in [-0.39, 0.29) is 0 Å². The fourth-order valence-electron chi connectivity index (χ4n) is 4.85. The highest BCUT2D eigenvalue weighted by molar-refractivity contribution is 5.86. The maximum atomic E-state index is 5.57. The summed E-state index contributed by atoms with van der Waals surface area (Å²) in [6.45, 7) is 9.48. The van der Waals surface area contributed by atoms with Crippen LogP contribution >= 0.6 is 0 Å². The maximum absolute atomic E-state index is 5.57. The molecule has 1 aromatic heterocycles. The van der Waals surface area contributed by atoms with Crippen molar-refractivity contribution in [2.24, 2.45) is 0 Å².